The molecule has 2 aliphatic heterocycles. The van der Waals surface area contributed by atoms with Crippen LogP contribution >= 0.6 is 0 Å². The minimum absolute atomic E-state index is 0.0648. The Morgan fingerprint density at radius 2 is 1.64 bits per heavy atom. The van der Waals surface area contributed by atoms with Gasteiger partial charge in [0.1, 0.15) is 12.4 Å². The molecule has 5 heteroatoms. The number of cyclic esters (lactones) is 2. The van der Waals surface area contributed by atoms with E-state index in [0.29, 0.717) is 31.6 Å². The molecule has 2 fully saturated rings. The molecule has 0 aromatic rings. The van der Waals surface area contributed by atoms with Crippen molar-refractivity contribution in [3.05, 3.63) is 19.0 Å². The number of carbonyl (C=O) groups is 2. The van der Waals surface area contributed by atoms with E-state index in [9.17, 15) is 9.59 Å². The molecule has 0 atom stereocenters. The molecular formula is C9H10O5. The van der Waals surface area contributed by atoms with Crippen LogP contribution in [0.3, 0.4) is 0 Å². The average molecular weight is 198 g/mol. The van der Waals surface area contributed by atoms with Gasteiger partial charge in [-0.05, 0) is 0 Å². The molecule has 76 valence electrons. The van der Waals surface area contributed by atoms with Crippen molar-refractivity contribution in [3.8, 4) is 0 Å². The molecule has 2 saturated heterocycles. The van der Waals surface area contributed by atoms with E-state index in [2.05, 4.69) is 22.7 Å². The standard InChI is InChI=1S/C5H6O2.C3H4O2.CO/c1-4-2-3-5(6)7-4;4-3-1-2-5-3;1-2/h1-3H2;1-2H2;. The summed E-state index contributed by atoms with van der Waals surface area (Å²) in [6, 6.07) is 0. The van der Waals surface area contributed by atoms with Crippen molar-refractivity contribution >= 4 is 11.9 Å². The third-order valence-electron chi connectivity index (χ3n) is 1.44. The van der Waals surface area contributed by atoms with E-state index < -0.39 is 0 Å². The molecule has 0 spiro atoms. The Morgan fingerprint density at radius 3 is 1.71 bits per heavy atom. The predicted octanol–water partition coefficient (Wildman–Crippen LogP) is 0.733. The number of allylic oxidation sites excluding steroid dienone is 1. The predicted molar refractivity (Wildman–Crippen MR) is 44.0 cm³/mol. The second-order valence-electron chi connectivity index (χ2n) is 2.48. The van der Waals surface area contributed by atoms with Gasteiger partial charge in [-0.25, -0.2) is 0 Å². The van der Waals surface area contributed by atoms with Crippen LogP contribution in [0.4, 0.5) is 0 Å². The Labute approximate surface area is 81.4 Å². The van der Waals surface area contributed by atoms with Crippen molar-refractivity contribution in [3.63, 3.8) is 0 Å². The fraction of sp³-hybridized carbons (Fsp3) is 0.444. The van der Waals surface area contributed by atoms with Crippen LogP contribution in [0, 0.1) is 6.65 Å². The summed E-state index contributed by atoms with van der Waals surface area (Å²) >= 11 is 0. The second-order valence-corrected chi connectivity index (χ2v) is 2.48. The van der Waals surface area contributed by atoms with Crippen LogP contribution in [0.1, 0.15) is 19.3 Å². The molecule has 2 heterocycles. The van der Waals surface area contributed by atoms with Crippen molar-refractivity contribution in [1.29, 1.82) is 0 Å². The topological polar surface area (TPSA) is 72.5 Å². The first-order chi connectivity index (χ1) is 6.68. The van der Waals surface area contributed by atoms with Gasteiger partial charge in [-0.2, -0.15) is 0 Å². The SMILES string of the molecule is C=C1CCC(=O)O1.O=C1CCO1.[C-]#[O+]. The van der Waals surface area contributed by atoms with Gasteiger partial charge in [0.15, 0.2) is 0 Å². The van der Waals surface area contributed by atoms with E-state index in [1.54, 1.807) is 0 Å². The molecule has 0 saturated carbocycles. The van der Waals surface area contributed by atoms with Crippen LogP contribution in [-0.4, -0.2) is 18.5 Å². The first-order valence-electron chi connectivity index (χ1n) is 3.93. The first-order valence-corrected chi connectivity index (χ1v) is 3.93. The normalized spacial score (nSPS) is 17.4. The van der Waals surface area contributed by atoms with Crippen LogP contribution in [0.2, 0.25) is 0 Å². The number of esters is 2. The third-order valence-corrected chi connectivity index (χ3v) is 1.44. The van der Waals surface area contributed by atoms with Gasteiger partial charge in [-0.15, -0.1) is 0 Å². The van der Waals surface area contributed by atoms with Gasteiger partial charge in [0.2, 0.25) is 0 Å². The third kappa shape index (κ3) is 5.13. The van der Waals surface area contributed by atoms with Crippen LogP contribution in [0.5, 0.6) is 0 Å². The molecular weight excluding hydrogens is 188 g/mol. The van der Waals surface area contributed by atoms with E-state index >= 15 is 0 Å². The molecule has 0 bridgehead atoms. The Kier molecular flexibility index (Phi) is 6.11. The molecule has 0 unspecified atom stereocenters. The maximum atomic E-state index is 10.2. The van der Waals surface area contributed by atoms with Crippen molar-refractivity contribution in [2.75, 3.05) is 6.61 Å². The fourth-order valence-corrected chi connectivity index (χ4v) is 0.690. The van der Waals surface area contributed by atoms with E-state index in [1.165, 1.54) is 0 Å². The van der Waals surface area contributed by atoms with Crippen LogP contribution in [0.15, 0.2) is 12.3 Å². The van der Waals surface area contributed by atoms with Gasteiger partial charge in [0.25, 0.3) is 0 Å². The molecule has 0 N–H and O–H groups in total. The van der Waals surface area contributed by atoms with E-state index in [-0.39, 0.29) is 11.9 Å². The molecule has 0 aromatic carbocycles. The van der Waals surface area contributed by atoms with Gasteiger partial charge in [-0.1, -0.05) is 6.58 Å². The summed E-state index contributed by atoms with van der Waals surface area (Å²) in [7, 11) is 0. The molecule has 0 aromatic heterocycles. The maximum absolute atomic E-state index is 10.2. The van der Waals surface area contributed by atoms with E-state index in [0.717, 1.165) is 0 Å². The Bertz CT molecular complexity index is 233. The molecule has 0 aliphatic carbocycles. The molecule has 5 nitrogen and oxygen atoms in total. The Morgan fingerprint density at radius 1 is 1.14 bits per heavy atom. The second kappa shape index (κ2) is 6.88. The summed E-state index contributed by atoms with van der Waals surface area (Å²) in [5.74, 6) is 0.389. The van der Waals surface area contributed by atoms with Gasteiger partial charge < -0.3 is 9.47 Å². The number of ether oxygens (including phenoxy) is 2. The van der Waals surface area contributed by atoms with Crippen LogP contribution < -0.4 is 0 Å². The molecule has 14 heavy (non-hydrogen) atoms. The van der Waals surface area contributed by atoms with E-state index in [4.69, 9.17) is 4.65 Å². The Balaban J connectivity index is 0.000000213. The molecule has 2 aliphatic rings. The minimum atomic E-state index is -0.148. The zero-order valence-corrected chi connectivity index (χ0v) is 7.58. The quantitative estimate of drug-likeness (QED) is 0.327. The van der Waals surface area contributed by atoms with Crippen LogP contribution in [-0.2, 0) is 23.7 Å². The number of hydrogen-bond donors (Lipinski definition) is 0. The number of rotatable bonds is 0. The monoisotopic (exact) mass is 198 g/mol. The summed E-state index contributed by atoms with van der Waals surface area (Å²) in [4.78, 5) is 19.8. The number of hydrogen-bond acceptors (Lipinski definition) is 4. The van der Waals surface area contributed by atoms with Gasteiger partial charge >= 0.3 is 23.2 Å². The van der Waals surface area contributed by atoms with Crippen molar-refractivity contribution in [2.45, 2.75) is 19.3 Å². The first kappa shape index (κ1) is 12.4. The van der Waals surface area contributed by atoms with Gasteiger partial charge in [-0.3, -0.25) is 9.59 Å². The summed E-state index contributed by atoms with van der Waals surface area (Å²) in [6.45, 7) is 8.60. The van der Waals surface area contributed by atoms with Gasteiger partial charge in [0, 0.05) is 6.42 Å². The van der Waals surface area contributed by atoms with Crippen molar-refractivity contribution < 1.29 is 23.7 Å². The number of carbonyl (C=O) groups excluding carboxylic acids is 2. The Hall–Kier alpha value is -1.58. The van der Waals surface area contributed by atoms with Crippen molar-refractivity contribution in [1.82, 2.24) is 0 Å². The van der Waals surface area contributed by atoms with Gasteiger partial charge in [0.05, 0.1) is 12.8 Å². The summed E-state index contributed by atoms with van der Waals surface area (Å²) in [5, 5.41) is 0. The van der Waals surface area contributed by atoms with Crippen LogP contribution in [0.25, 0.3) is 0 Å². The average Bonchev–Trinajstić information content (AvgIpc) is 2.51. The van der Waals surface area contributed by atoms with Crippen molar-refractivity contribution in [2.24, 2.45) is 0 Å². The summed E-state index contributed by atoms with van der Waals surface area (Å²) < 4.78 is 16.3. The summed E-state index contributed by atoms with van der Waals surface area (Å²) in [6.07, 6.45) is 1.84. The zero-order valence-electron chi connectivity index (χ0n) is 7.58. The summed E-state index contributed by atoms with van der Waals surface area (Å²) in [5.41, 5.74) is 0. The van der Waals surface area contributed by atoms with E-state index in [1.807, 2.05) is 0 Å². The molecule has 2 rings (SSSR count). The fourth-order valence-electron chi connectivity index (χ4n) is 0.690. The molecule has 0 radical (unpaired) electrons. The molecule has 0 amide bonds. The zero-order chi connectivity index (χ0) is 11.0.